The highest BCUT2D eigenvalue weighted by Gasteiger charge is 2.18. The largest absolute Gasteiger partial charge is 0.334 e. The molecule has 1 aliphatic carbocycles. The van der Waals surface area contributed by atoms with Crippen LogP contribution in [0.5, 0.6) is 0 Å². The van der Waals surface area contributed by atoms with Crippen LogP contribution in [0.4, 0.5) is 11.4 Å². The monoisotopic (exact) mass is 315 g/mol. The van der Waals surface area contributed by atoms with Crippen molar-refractivity contribution in [3.05, 3.63) is 90.0 Å². The Hall–Kier alpha value is -2.87. The van der Waals surface area contributed by atoms with Crippen LogP contribution >= 0.6 is 0 Å². The first-order valence-corrected chi connectivity index (χ1v) is 8.19. The number of rotatable bonds is 5. The molecule has 1 aliphatic rings. The van der Waals surface area contributed by atoms with E-state index in [9.17, 15) is 4.79 Å². The Bertz CT molecular complexity index is 769. The summed E-state index contributed by atoms with van der Waals surface area (Å²) in [4.78, 5) is 13.1. The third-order valence-corrected chi connectivity index (χ3v) is 4.08. The number of para-hydroxylation sites is 1. The maximum atomic E-state index is 10.8. The SMILES string of the molecule is C/C(C=O)=C/c1ccc(N(c2ccccc2)C2C=CC=CC2)cc1. The Morgan fingerprint density at radius 2 is 1.71 bits per heavy atom. The Labute approximate surface area is 143 Å². The lowest BCUT2D eigenvalue weighted by molar-refractivity contribution is -0.104. The Kier molecular flexibility index (Phi) is 5.07. The summed E-state index contributed by atoms with van der Waals surface area (Å²) in [5.74, 6) is 0. The predicted octanol–water partition coefficient (Wildman–Crippen LogP) is 5.31. The lowest BCUT2D eigenvalue weighted by Crippen LogP contribution is -2.29. The van der Waals surface area contributed by atoms with Gasteiger partial charge in [0.2, 0.25) is 0 Å². The van der Waals surface area contributed by atoms with E-state index < -0.39 is 0 Å². The molecule has 2 nitrogen and oxygen atoms in total. The zero-order valence-corrected chi connectivity index (χ0v) is 13.8. The first-order valence-electron chi connectivity index (χ1n) is 8.19. The van der Waals surface area contributed by atoms with E-state index in [1.165, 1.54) is 5.69 Å². The Morgan fingerprint density at radius 1 is 1.00 bits per heavy atom. The molecule has 0 N–H and O–H groups in total. The van der Waals surface area contributed by atoms with Crippen LogP contribution in [0.15, 0.2) is 84.5 Å². The normalized spacial score (nSPS) is 16.9. The van der Waals surface area contributed by atoms with Gasteiger partial charge in [-0.2, -0.15) is 0 Å². The summed E-state index contributed by atoms with van der Waals surface area (Å²) in [5, 5.41) is 0. The highest BCUT2D eigenvalue weighted by molar-refractivity contribution is 5.81. The summed E-state index contributed by atoms with van der Waals surface area (Å²) in [6.45, 7) is 1.82. The standard InChI is InChI=1S/C22H21NO/c1-18(17-24)16-19-12-14-22(15-13-19)23(20-8-4-2-5-9-20)21-10-6-3-7-11-21/h2-10,12-17,21H,11H2,1H3/b18-16-. The number of aldehydes is 1. The third kappa shape index (κ3) is 3.72. The fourth-order valence-electron chi connectivity index (χ4n) is 2.91. The molecular formula is C22H21NO. The molecule has 0 heterocycles. The number of allylic oxidation sites excluding steroid dienone is 3. The minimum atomic E-state index is 0.301. The molecule has 2 aromatic carbocycles. The van der Waals surface area contributed by atoms with Crippen LogP contribution in [0.3, 0.4) is 0 Å². The highest BCUT2D eigenvalue weighted by Crippen LogP contribution is 2.31. The topological polar surface area (TPSA) is 20.3 Å². The average molecular weight is 315 g/mol. The van der Waals surface area contributed by atoms with Gasteiger partial charge >= 0.3 is 0 Å². The molecule has 0 aromatic heterocycles. The number of hydrogen-bond donors (Lipinski definition) is 0. The summed E-state index contributed by atoms with van der Waals surface area (Å²) in [6.07, 6.45) is 12.4. The fourth-order valence-corrected chi connectivity index (χ4v) is 2.91. The van der Waals surface area contributed by atoms with Gasteiger partial charge in [-0.1, -0.05) is 54.6 Å². The molecule has 0 aliphatic heterocycles. The smallest absolute Gasteiger partial charge is 0.145 e. The number of nitrogens with zero attached hydrogens (tertiary/aromatic N) is 1. The van der Waals surface area contributed by atoms with Crippen molar-refractivity contribution in [1.29, 1.82) is 0 Å². The number of carbonyl (C=O) groups is 1. The molecule has 0 amide bonds. The average Bonchev–Trinajstić information content (AvgIpc) is 2.65. The highest BCUT2D eigenvalue weighted by atomic mass is 16.1. The van der Waals surface area contributed by atoms with E-state index in [1.807, 2.05) is 19.1 Å². The summed E-state index contributed by atoms with van der Waals surface area (Å²) in [5.41, 5.74) is 4.08. The molecule has 1 atom stereocenters. The van der Waals surface area contributed by atoms with Gasteiger partial charge in [0.15, 0.2) is 0 Å². The minimum absolute atomic E-state index is 0.301. The summed E-state index contributed by atoms with van der Waals surface area (Å²) >= 11 is 0. The summed E-state index contributed by atoms with van der Waals surface area (Å²) < 4.78 is 0. The van der Waals surface area contributed by atoms with Crippen molar-refractivity contribution in [2.24, 2.45) is 0 Å². The van der Waals surface area contributed by atoms with Crippen LogP contribution in [-0.4, -0.2) is 12.3 Å². The van der Waals surface area contributed by atoms with E-state index in [2.05, 4.69) is 77.7 Å². The number of benzene rings is 2. The first-order chi connectivity index (χ1) is 11.8. The van der Waals surface area contributed by atoms with E-state index in [1.54, 1.807) is 0 Å². The van der Waals surface area contributed by atoms with Crippen molar-refractivity contribution in [3.63, 3.8) is 0 Å². The summed E-state index contributed by atoms with van der Waals surface area (Å²) in [7, 11) is 0. The molecule has 0 saturated carbocycles. The van der Waals surface area contributed by atoms with Gasteiger partial charge in [0, 0.05) is 11.4 Å². The van der Waals surface area contributed by atoms with Crippen LogP contribution in [0.1, 0.15) is 18.9 Å². The zero-order valence-electron chi connectivity index (χ0n) is 13.8. The maximum absolute atomic E-state index is 10.8. The lowest BCUT2D eigenvalue weighted by atomic mass is 10.0. The molecule has 2 aromatic rings. The molecule has 0 bridgehead atoms. The molecule has 0 fully saturated rings. The molecular weight excluding hydrogens is 294 g/mol. The number of anilines is 2. The Balaban J connectivity index is 1.95. The third-order valence-electron chi connectivity index (χ3n) is 4.08. The predicted molar refractivity (Wildman–Crippen MR) is 101 cm³/mol. The van der Waals surface area contributed by atoms with Crippen LogP contribution in [0.25, 0.3) is 6.08 Å². The van der Waals surface area contributed by atoms with Gasteiger partial charge in [0.25, 0.3) is 0 Å². The molecule has 24 heavy (non-hydrogen) atoms. The van der Waals surface area contributed by atoms with Crippen molar-refractivity contribution >= 4 is 23.7 Å². The molecule has 0 radical (unpaired) electrons. The van der Waals surface area contributed by atoms with E-state index in [0.717, 1.165) is 29.5 Å². The van der Waals surface area contributed by atoms with Gasteiger partial charge in [-0.25, -0.2) is 0 Å². The second kappa shape index (κ2) is 7.60. The van der Waals surface area contributed by atoms with Crippen LogP contribution in [-0.2, 0) is 4.79 Å². The number of carbonyl (C=O) groups excluding carboxylic acids is 1. The van der Waals surface area contributed by atoms with Crippen LogP contribution < -0.4 is 4.90 Å². The van der Waals surface area contributed by atoms with Crippen LogP contribution in [0.2, 0.25) is 0 Å². The Morgan fingerprint density at radius 3 is 2.33 bits per heavy atom. The first kappa shape index (κ1) is 16.0. The zero-order chi connectivity index (χ0) is 16.8. The lowest BCUT2D eigenvalue weighted by Gasteiger charge is -2.32. The van der Waals surface area contributed by atoms with Gasteiger partial charge in [-0.05, 0) is 54.8 Å². The van der Waals surface area contributed by atoms with Crippen molar-refractivity contribution in [2.75, 3.05) is 4.90 Å². The molecule has 120 valence electrons. The van der Waals surface area contributed by atoms with Crippen molar-refractivity contribution in [3.8, 4) is 0 Å². The van der Waals surface area contributed by atoms with Crippen molar-refractivity contribution in [2.45, 2.75) is 19.4 Å². The second-order valence-electron chi connectivity index (χ2n) is 5.92. The van der Waals surface area contributed by atoms with Gasteiger partial charge < -0.3 is 4.90 Å². The van der Waals surface area contributed by atoms with Crippen LogP contribution in [0, 0.1) is 0 Å². The van der Waals surface area contributed by atoms with Gasteiger partial charge in [0.1, 0.15) is 6.29 Å². The molecule has 0 saturated heterocycles. The van der Waals surface area contributed by atoms with Gasteiger partial charge in [-0.15, -0.1) is 0 Å². The van der Waals surface area contributed by atoms with E-state index in [4.69, 9.17) is 0 Å². The second-order valence-corrected chi connectivity index (χ2v) is 5.92. The fraction of sp³-hybridized carbons (Fsp3) is 0.136. The quantitative estimate of drug-likeness (QED) is 0.550. The van der Waals surface area contributed by atoms with E-state index in [-0.39, 0.29) is 0 Å². The van der Waals surface area contributed by atoms with E-state index >= 15 is 0 Å². The molecule has 0 spiro atoms. The molecule has 2 heteroatoms. The molecule has 3 rings (SSSR count). The van der Waals surface area contributed by atoms with E-state index in [0.29, 0.717) is 6.04 Å². The van der Waals surface area contributed by atoms with Gasteiger partial charge in [-0.3, -0.25) is 4.79 Å². The maximum Gasteiger partial charge on any atom is 0.145 e. The molecule has 1 unspecified atom stereocenters. The minimum Gasteiger partial charge on any atom is -0.334 e. The number of hydrogen-bond acceptors (Lipinski definition) is 2. The van der Waals surface area contributed by atoms with Gasteiger partial charge in [0.05, 0.1) is 6.04 Å². The van der Waals surface area contributed by atoms with Crippen molar-refractivity contribution in [1.82, 2.24) is 0 Å². The van der Waals surface area contributed by atoms with Crippen molar-refractivity contribution < 1.29 is 4.79 Å². The summed E-state index contributed by atoms with van der Waals surface area (Å²) in [6, 6.07) is 19.1.